The van der Waals surface area contributed by atoms with Crippen molar-refractivity contribution in [1.29, 1.82) is 0 Å². The van der Waals surface area contributed by atoms with E-state index >= 15 is 0 Å². The van der Waals surface area contributed by atoms with E-state index in [0.717, 1.165) is 37.9 Å². The van der Waals surface area contributed by atoms with Crippen LogP contribution in [0, 0.1) is 3.57 Å². The molecular formula is C72H101IN9O25P. The van der Waals surface area contributed by atoms with Crippen LogP contribution in [0.15, 0.2) is 72.8 Å². The van der Waals surface area contributed by atoms with Crippen molar-refractivity contribution in [1.82, 2.24) is 42.3 Å². The first kappa shape index (κ1) is 91.6. The van der Waals surface area contributed by atoms with E-state index in [1.54, 1.807) is 4.90 Å². The molecule has 108 heavy (non-hydrogen) atoms. The summed E-state index contributed by atoms with van der Waals surface area (Å²) in [6, 6.07) is 15.9. The van der Waals surface area contributed by atoms with Crippen LogP contribution >= 0.6 is 30.3 Å². The number of unbranched alkanes of at least 4 members (excludes halogenated alkanes) is 3. The van der Waals surface area contributed by atoms with Crippen molar-refractivity contribution in [2.75, 3.05) is 84.0 Å². The van der Waals surface area contributed by atoms with E-state index in [-0.39, 0.29) is 154 Å². The fourth-order valence-corrected chi connectivity index (χ4v) is 12.1. The average molecular weight is 1650 g/mol. The quantitative estimate of drug-likeness (QED) is 0.0214. The summed E-state index contributed by atoms with van der Waals surface area (Å²) in [5.74, 6) is -11.5. The summed E-state index contributed by atoms with van der Waals surface area (Å²) in [6.07, 6.45) is 3.79. The molecule has 1 heterocycles. The highest BCUT2D eigenvalue weighted by Crippen LogP contribution is 2.38. The number of anilines is 1. The molecule has 0 fully saturated rings. The number of halogens is 1. The number of para-hydroxylation sites is 1. The third-order valence-corrected chi connectivity index (χ3v) is 18.4. The van der Waals surface area contributed by atoms with Crippen LogP contribution in [0.25, 0.3) is 12.2 Å². The van der Waals surface area contributed by atoms with Crippen LogP contribution in [0.5, 0.6) is 0 Å². The van der Waals surface area contributed by atoms with E-state index in [2.05, 4.69) is 59.8 Å². The molecule has 3 aromatic carbocycles. The Bertz CT molecular complexity index is 3500. The minimum absolute atomic E-state index is 0.00839. The molecule has 3 aromatic rings. The van der Waals surface area contributed by atoms with Crippen molar-refractivity contribution < 1.29 is 121 Å². The van der Waals surface area contributed by atoms with Gasteiger partial charge in [0.05, 0.1) is 71.7 Å². The van der Waals surface area contributed by atoms with Gasteiger partial charge >= 0.3 is 37.6 Å². The summed E-state index contributed by atoms with van der Waals surface area (Å²) in [5.41, 5.74) is 4.82. The van der Waals surface area contributed by atoms with Crippen molar-refractivity contribution in [3.05, 3.63) is 98.6 Å². The number of nitrogens with one attached hydrogen (secondary N) is 8. The van der Waals surface area contributed by atoms with E-state index in [0.29, 0.717) is 45.1 Å². The van der Waals surface area contributed by atoms with Crippen LogP contribution in [0.2, 0.25) is 0 Å². The third kappa shape index (κ3) is 39.9. The maximum absolute atomic E-state index is 13.7. The van der Waals surface area contributed by atoms with Crippen LogP contribution in [-0.2, 0) is 103 Å². The molecule has 4 rings (SSSR count). The molecule has 8 amide bonds. The Morgan fingerprint density at radius 3 is 1.56 bits per heavy atom. The van der Waals surface area contributed by atoms with E-state index < -0.39 is 130 Å². The number of ether oxygens (including phenoxy) is 4. The number of benzene rings is 3. The first-order valence-electron chi connectivity index (χ1n) is 35.8. The molecule has 0 saturated heterocycles. The smallest absolute Gasteiger partial charge is 0.403 e. The molecule has 1 aliphatic rings. The largest absolute Gasteiger partial charge is 0.481 e. The van der Waals surface area contributed by atoms with Gasteiger partial charge in [0.15, 0.2) is 0 Å². The van der Waals surface area contributed by atoms with Crippen LogP contribution in [0.4, 0.5) is 5.69 Å². The molecule has 34 nitrogen and oxygen atoms in total. The molecule has 0 aromatic heterocycles. The summed E-state index contributed by atoms with van der Waals surface area (Å²) in [6.45, 7) is 1.83. The molecule has 36 heteroatoms. The second-order valence-electron chi connectivity index (χ2n) is 25.1. The highest BCUT2D eigenvalue weighted by atomic mass is 127. The number of rotatable bonds is 58. The minimum atomic E-state index is -4.80. The average Bonchev–Trinajstić information content (AvgIpc) is 0.804. The highest BCUT2D eigenvalue weighted by Gasteiger charge is 2.32. The predicted molar refractivity (Wildman–Crippen MR) is 399 cm³/mol. The van der Waals surface area contributed by atoms with Gasteiger partial charge in [0, 0.05) is 74.6 Å². The molecule has 4 unspecified atom stereocenters. The maximum atomic E-state index is 13.7. The molecule has 0 bridgehead atoms. The number of amides is 8. The van der Waals surface area contributed by atoms with Gasteiger partial charge in [0.25, 0.3) is 0 Å². The Kier molecular flexibility index (Phi) is 44.3. The first-order valence-corrected chi connectivity index (χ1v) is 38.4. The normalized spacial score (nSPS) is 13.9. The van der Waals surface area contributed by atoms with Gasteiger partial charge in [-0.1, -0.05) is 73.2 Å². The van der Waals surface area contributed by atoms with Crippen LogP contribution < -0.4 is 47.2 Å². The van der Waals surface area contributed by atoms with E-state index in [1.165, 1.54) is 0 Å². The lowest BCUT2D eigenvalue weighted by Gasteiger charge is -2.27. The van der Waals surface area contributed by atoms with Crippen molar-refractivity contribution in [3.8, 4) is 0 Å². The van der Waals surface area contributed by atoms with Crippen LogP contribution in [-0.4, -0.2) is 217 Å². The molecule has 0 aliphatic carbocycles. The molecule has 1 aliphatic heterocycles. The Balaban J connectivity index is 1.12. The van der Waals surface area contributed by atoms with E-state index in [9.17, 15) is 92.2 Å². The molecule has 6 atom stereocenters. The Hall–Kier alpha value is -8.81. The minimum Gasteiger partial charge on any atom is -0.481 e. The van der Waals surface area contributed by atoms with Crippen molar-refractivity contribution in [3.63, 3.8) is 0 Å². The fourth-order valence-electron chi connectivity index (χ4n) is 10.7. The number of aryl methyl sites for hydroxylation is 1. The summed E-state index contributed by atoms with van der Waals surface area (Å²) in [5, 5.41) is 67.1. The lowest BCUT2D eigenvalue weighted by atomic mass is 10.0. The van der Waals surface area contributed by atoms with Crippen molar-refractivity contribution in [2.45, 2.75) is 172 Å². The fraction of sp³-hybridized carbons (Fsp3) is 0.542. The molecule has 14 N–H and O–H groups in total. The van der Waals surface area contributed by atoms with Gasteiger partial charge in [-0.2, -0.15) is 0 Å². The number of carboxylic acids is 5. The topological polar surface area (TPSA) is 506 Å². The van der Waals surface area contributed by atoms with E-state index in [1.807, 2.05) is 90.0 Å². The highest BCUT2D eigenvalue weighted by molar-refractivity contribution is 14.1. The predicted octanol–water partition coefficient (Wildman–Crippen LogP) is 4.21. The van der Waals surface area contributed by atoms with Gasteiger partial charge in [0.2, 0.25) is 47.3 Å². The maximum Gasteiger partial charge on any atom is 0.403 e. The number of carboxylic acid groups (broad SMARTS) is 5. The van der Waals surface area contributed by atoms with Gasteiger partial charge in [-0.15, -0.1) is 0 Å². The summed E-state index contributed by atoms with van der Waals surface area (Å²) in [4.78, 5) is 174. The second kappa shape index (κ2) is 52.3. The lowest BCUT2D eigenvalue weighted by Crippen LogP contribution is -2.52. The zero-order chi connectivity index (χ0) is 79.1. The summed E-state index contributed by atoms with van der Waals surface area (Å²) >= 11 is 2.22. The number of hydrogen-bond donors (Lipinski definition) is 14. The number of carbonyl (C=O) groups excluding carboxylic acids is 8. The number of aliphatic carboxylic acids is 5. The third-order valence-electron chi connectivity index (χ3n) is 16.5. The zero-order valence-corrected chi connectivity index (χ0v) is 63.3. The lowest BCUT2D eigenvalue weighted by molar-refractivity contribution is -0.143. The van der Waals surface area contributed by atoms with Crippen molar-refractivity contribution >= 4 is 125 Å². The summed E-state index contributed by atoms with van der Waals surface area (Å²) < 4.78 is 40.4. The van der Waals surface area contributed by atoms with E-state index in [4.69, 9.17) is 28.6 Å². The first-order chi connectivity index (χ1) is 51.7. The number of hydrogen-bond acceptors (Lipinski definition) is 19. The van der Waals surface area contributed by atoms with Gasteiger partial charge in [0.1, 0.15) is 30.2 Å². The van der Waals surface area contributed by atoms with Gasteiger partial charge in [-0.05, 0) is 140 Å². The van der Waals surface area contributed by atoms with Crippen LogP contribution in [0.3, 0.4) is 0 Å². The number of carbonyl (C=O) groups is 13. The van der Waals surface area contributed by atoms with Gasteiger partial charge in [-0.3, -0.25) is 52.5 Å². The number of nitrogens with zero attached hydrogens (tertiary/aromatic N) is 1. The van der Waals surface area contributed by atoms with Gasteiger partial charge in [-0.25, -0.2) is 24.0 Å². The van der Waals surface area contributed by atoms with Crippen LogP contribution in [0.1, 0.15) is 151 Å². The molecule has 0 spiro atoms. The SMILES string of the molecule is O=C(O)CCC(NP(=O)(O)OCCC[C@H](NC(=O)CC[C@H](NC(=O)CCCCCNC(=O)CCC(NC(=O)CCOCCOCCOCCOCCNC(=O)CCC(=O)N1Cc2ccccc2/C=C\c2ccccc21)C(=O)NC(CCCCNC(=O)CCCc1ccc(I)cc1)C(=O)O)C(=O)O)C(=O)O)C(=O)O. The zero-order valence-electron chi connectivity index (χ0n) is 60.2. The second-order valence-corrected chi connectivity index (χ2v) is 27.9. The Morgan fingerprint density at radius 1 is 0.426 bits per heavy atom. The standard InChI is InChI=1S/C72H101IN9O25P/c73-53-25-21-49(22-26-53)12-10-20-60(83)74-37-9-7-16-56(70(95)96)80-68(92)54(27-30-61(84)75-36-8-1-2-19-63(86)79-57(71(97)98)28-31-64(87)78-55(69(93)94)17-11-39-107-108(101,102)81-58(72(99)100)29-34-67(90)91)77-65(88)35-40-103-42-44-105-46-47-106-45-43-104-41-38-76-62(85)32-33-66(89)82-48-52-15-4-3-13-50(52)23-24-51-14-5-6-18-59(51)82/h3-6,13-15,18,21-26,54-58H,1-2,7-12,16-17,19-20,27-48H2,(H,74,83)(H,75,84)(H,76,85)(H,77,88)(H,78,87)(H,79,86)(H,80,92)(H,90,91)(H,93,94)(H,95,96)(H,97,98)(H,99,100)(H2,81,101,102)/b24-23-/t54?,55-,56?,57-,58?/m0/s1. The van der Waals surface area contributed by atoms with Crippen molar-refractivity contribution in [2.24, 2.45) is 0 Å². The Morgan fingerprint density at radius 2 is 0.907 bits per heavy atom. The molecule has 596 valence electrons. The number of fused-ring (bicyclic) bond motifs is 2. The molecular weight excluding hydrogens is 1550 g/mol. The molecule has 0 saturated carbocycles. The molecule has 0 radical (unpaired) electrons. The summed E-state index contributed by atoms with van der Waals surface area (Å²) in [7, 11) is -4.80. The monoisotopic (exact) mass is 1650 g/mol. The Labute approximate surface area is 639 Å². The van der Waals surface area contributed by atoms with Gasteiger partial charge < -0.3 is 91.5 Å².